The molecule has 1 aliphatic rings. The number of nitrogens with one attached hydrogen (secondary N) is 1. The lowest BCUT2D eigenvalue weighted by Crippen LogP contribution is -2.27. The Hall–Kier alpha value is -1.26. The van der Waals surface area contributed by atoms with Crippen LogP contribution in [-0.2, 0) is 6.54 Å². The Morgan fingerprint density at radius 2 is 2.32 bits per heavy atom. The molecular formula is C15H23N3O. The van der Waals surface area contributed by atoms with Gasteiger partial charge in [-0.1, -0.05) is 0 Å². The first-order chi connectivity index (χ1) is 9.19. The number of aromatic nitrogens is 1. The second kappa shape index (κ2) is 6.78. The fourth-order valence-corrected chi connectivity index (χ4v) is 2.77. The normalized spacial score (nSPS) is 22.9. The van der Waals surface area contributed by atoms with Crippen LogP contribution in [-0.4, -0.2) is 42.9 Å². The minimum Gasteiger partial charge on any atom is -0.311 e. The smallest absolute Gasteiger partial charge is 0.150 e. The molecule has 4 heteroatoms. The quantitative estimate of drug-likeness (QED) is 0.792. The summed E-state index contributed by atoms with van der Waals surface area (Å²) in [5.74, 6) is 0.765. The molecular weight excluding hydrogens is 238 g/mol. The maximum atomic E-state index is 10.7. The zero-order valence-electron chi connectivity index (χ0n) is 11.8. The molecule has 1 saturated carbocycles. The van der Waals surface area contributed by atoms with Gasteiger partial charge in [-0.3, -0.25) is 9.78 Å². The first kappa shape index (κ1) is 14.2. The standard InChI is InChI=1S/C15H23N3O/c1-18(2)15-4-3-12(8-15)9-16-10-14-7-13(11-19)5-6-17-14/h5-7,11-12,15-16H,3-4,8-10H2,1-2H3. The Bertz CT molecular complexity index is 420. The highest BCUT2D eigenvalue weighted by atomic mass is 16.1. The Labute approximate surface area is 115 Å². The van der Waals surface area contributed by atoms with Gasteiger partial charge in [0, 0.05) is 24.3 Å². The zero-order valence-corrected chi connectivity index (χ0v) is 11.8. The van der Waals surface area contributed by atoms with Gasteiger partial charge < -0.3 is 10.2 Å². The van der Waals surface area contributed by atoms with E-state index < -0.39 is 0 Å². The van der Waals surface area contributed by atoms with E-state index in [0.717, 1.165) is 37.0 Å². The van der Waals surface area contributed by atoms with Gasteiger partial charge in [-0.25, -0.2) is 0 Å². The van der Waals surface area contributed by atoms with Gasteiger partial charge in [0.25, 0.3) is 0 Å². The second-order valence-electron chi connectivity index (χ2n) is 5.63. The molecule has 1 aromatic heterocycles. The largest absolute Gasteiger partial charge is 0.311 e. The molecule has 1 aromatic rings. The van der Waals surface area contributed by atoms with Gasteiger partial charge in [-0.2, -0.15) is 0 Å². The van der Waals surface area contributed by atoms with E-state index in [2.05, 4.69) is 29.3 Å². The minimum absolute atomic E-state index is 0.695. The number of carbonyl (C=O) groups is 1. The van der Waals surface area contributed by atoms with Crippen molar-refractivity contribution in [3.8, 4) is 0 Å². The van der Waals surface area contributed by atoms with E-state index in [1.807, 2.05) is 6.07 Å². The highest BCUT2D eigenvalue weighted by molar-refractivity contribution is 5.74. The number of hydrogen-bond donors (Lipinski definition) is 1. The lowest BCUT2D eigenvalue weighted by Gasteiger charge is -2.19. The van der Waals surface area contributed by atoms with E-state index >= 15 is 0 Å². The first-order valence-electron chi connectivity index (χ1n) is 6.96. The van der Waals surface area contributed by atoms with Crippen LogP contribution >= 0.6 is 0 Å². The molecule has 1 aliphatic carbocycles. The topological polar surface area (TPSA) is 45.2 Å². The molecule has 104 valence electrons. The van der Waals surface area contributed by atoms with Gasteiger partial charge in [0.1, 0.15) is 6.29 Å². The zero-order chi connectivity index (χ0) is 13.7. The molecule has 0 spiro atoms. The summed E-state index contributed by atoms with van der Waals surface area (Å²) in [4.78, 5) is 17.3. The minimum atomic E-state index is 0.695. The molecule has 2 rings (SSSR count). The van der Waals surface area contributed by atoms with Crippen molar-refractivity contribution in [3.05, 3.63) is 29.6 Å². The van der Waals surface area contributed by atoms with Crippen LogP contribution < -0.4 is 5.32 Å². The first-order valence-corrected chi connectivity index (χ1v) is 6.96. The number of rotatable bonds is 6. The molecule has 0 bridgehead atoms. The lowest BCUT2D eigenvalue weighted by atomic mass is 10.1. The van der Waals surface area contributed by atoms with Crippen molar-refractivity contribution in [2.75, 3.05) is 20.6 Å². The molecule has 1 heterocycles. The van der Waals surface area contributed by atoms with Crippen molar-refractivity contribution in [1.29, 1.82) is 0 Å². The van der Waals surface area contributed by atoms with Crippen molar-refractivity contribution in [3.63, 3.8) is 0 Å². The monoisotopic (exact) mass is 261 g/mol. The van der Waals surface area contributed by atoms with Crippen LogP contribution in [0.5, 0.6) is 0 Å². The van der Waals surface area contributed by atoms with Crippen LogP contribution in [0, 0.1) is 5.92 Å². The van der Waals surface area contributed by atoms with Crippen LogP contribution in [0.25, 0.3) is 0 Å². The van der Waals surface area contributed by atoms with E-state index in [1.54, 1.807) is 12.3 Å². The van der Waals surface area contributed by atoms with Crippen LogP contribution in [0.15, 0.2) is 18.3 Å². The molecule has 0 amide bonds. The Morgan fingerprint density at radius 1 is 1.47 bits per heavy atom. The molecule has 19 heavy (non-hydrogen) atoms. The van der Waals surface area contributed by atoms with Crippen molar-refractivity contribution < 1.29 is 4.79 Å². The third kappa shape index (κ3) is 4.11. The fraction of sp³-hybridized carbons (Fsp3) is 0.600. The average molecular weight is 261 g/mol. The summed E-state index contributed by atoms with van der Waals surface area (Å²) in [6, 6.07) is 4.31. The van der Waals surface area contributed by atoms with E-state index in [4.69, 9.17) is 0 Å². The maximum absolute atomic E-state index is 10.7. The van der Waals surface area contributed by atoms with Gasteiger partial charge in [0.2, 0.25) is 0 Å². The van der Waals surface area contributed by atoms with Crippen molar-refractivity contribution >= 4 is 6.29 Å². The van der Waals surface area contributed by atoms with Crippen LogP contribution in [0.2, 0.25) is 0 Å². The molecule has 0 saturated heterocycles. The van der Waals surface area contributed by atoms with Gasteiger partial charge in [-0.05, 0) is 58.0 Å². The summed E-state index contributed by atoms with van der Waals surface area (Å²) < 4.78 is 0. The predicted octanol–water partition coefficient (Wildman–Crippen LogP) is 1.71. The maximum Gasteiger partial charge on any atom is 0.150 e. The van der Waals surface area contributed by atoms with Gasteiger partial charge in [-0.15, -0.1) is 0 Å². The molecule has 0 radical (unpaired) electrons. The van der Waals surface area contributed by atoms with E-state index in [0.29, 0.717) is 5.56 Å². The predicted molar refractivity (Wildman–Crippen MR) is 76.1 cm³/mol. The fourth-order valence-electron chi connectivity index (χ4n) is 2.77. The number of carbonyl (C=O) groups excluding carboxylic acids is 1. The highest BCUT2D eigenvalue weighted by Crippen LogP contribution is 2.27. The molecule has 1 fully saturated rings. The molecule has 1 N–H and O–H groups in total. The van der Waals surface area contributed by atoms with Crippen LogP contribution in [0.1, 0.15) is 35.3 Å². The SMILES string of the molecule is CN(C)C1CCC(CNCc2cc(C=O)ccn2)C1. The van der Waals surface area contributed by atoms with Gasteiger partial charge in [0.05, 0.1) is 5.69 Å². The van der Waals surface area contributed by atoms with Crippen molar-refractivity contribution in [2.45, 2.75) is 31.8 Å². The van der Waals surface area contributed by atoms with E-state index in [1.165, 1.54) is 19.3 Å². The van der Waals surface area contributed by atoms with Crippen LogP contribution in [0.4, 0.5) is 0 Å². The van der Waals surface area contributed by atoms with E-state index in [9.17, 15) is 4.79 Å². The Balaban J connectivity index is 1.73. The third-order valence-electron chi connectivity index (χ3n) is 3.96. The molecule has 0 aliphatic heterocycles. The summed E-state index contributed by atoms with van der Waals surface area (Å²) in [6.45, 7) is 1.78. The number of aldehydes is 1. The molecule has 0 aromatic carbocycles. The Morgan fingerprint density at radius 3 is 3.00 bits per heavy atom. The summed E-state index contributed by atoms with van der Waals surface area (Å²) in [7, 11) is 4.32. The van der Waals surface area contributed by atoms with Crippen molar-refractivity contribution in [2.24, 2.45) is 5.92 Å². The molecule has 2 atom stereocenters. The number of hydrogen-bond acceptors (Lipinski definition) is 4. The van der Waals surface area contributed by atoms with Crippen molar-refractivity contribution in [1.82, 2.24) is 15.2 Å². The second-order valence-corrected chi connectivity index (χ2v) is 5.63. The number of pyridine rings is 1. The summed E-state index contributed by atoms with van der Waals surface area (Å²) >= 11 is 0. The van der Waals surface area contributed by atoms with Gasteiger partial charge >= 0.3 is 0 Å². The molecule has 2 unspecified atom stereocenters. The lowest BCUT2D eigenvalue weighted by molar-refractivity contribution is 0.112. The van der Waals surface area contributed by atoms with Gasteiger partial charge in [0.15, 0.2) is 0 Å². The summed E-state index contributed by atoms with van der Waals surface area (Å²) in [6.07, 6.45) is 6.44. The van der Waals surface area contributed by atoms with Crippen LogP contribution in [0.3, 0.4) is 0 Å². The Kier molecular flexibility index (Phi) is 5.05. The number of nitrogens with zero attached hydrogens (tertiary/aromatic N) is 2. The highest BCUT2D eigenvalue weighted by Gasteiger charge is 2.25. The molecule has 4 nitrogen and oxygen atoms in total. The summed E-state index contributed by atoms with van der Waals surface area (Å²) in [5, 5.41) is 3.46. The summed E-state index contributed by atoms with van der Waals surface area (Å²) in [5.41, 5.74) is 1.63. The average Bonchev–Trinajstić information content (AvgIpc) is 2.88. The third-order valence-corrected chi connectivity index (χ3v) is 3.96. The van der Waals surface area contributed by atoms with E-state index in [-0.39, 0.29) is 0 Å².